The van der Waals surface area contributed by atoms with Crippen LogP contribution in [0.5, 0.6) is 0 Å². The van der Waals surface area contributed by atoms with Crippen LogP contribution in [0.1, 0.15) is 6.92 Å². The fourth-order valence-corrected chi connectivity index (χ4v) is 1.08. The fourth-order valence-electron chi connectivity index (χ4n) is 0.674. The molecule has 0 saturated heterocycles. The highest BCUT2D eigenvalue weighted by atomic mass is 32.4. The zero-order chi connectivity index (χ0) is 12.7. The summed E-state index contributed by atoms with van der Waals surface area (Å²) in [6.07, 6.45) is 0. The van der Waals surface area contributed by atoms with Gasteiger partial charge in [-0.15, -0.1) is 0 Å². The second-order valence-electron chi connectivity index (χ2n) is 3.10. The van der Waals surface area contributed by atoms with E-state index >= 15 is 0 Å². The average molecular weight is 275 g/mol. The highest BCUT2D eigenvalue weighted by Gasteiger charge is 2.42. The van der Waals surface area contributed by atoms with Crippen molar-refractivity contribution in [2.24, 2.45) is 5.73 Å². The van der Waals surface area contributed by atoms with Gasteiger partial charge in [0.25, 0.3) is 0 Å². The van der Waals surface area contributed by atoms with Gasteiger partial charge in [-0.3, -0.25) is 0 Å². The average Bonchev–Trinajstić information content (AvgIpc) is 2.15. The predicted octanol–water partition coefficient (Wildman–Crippen LogP) is -3.50. The normalized spacial score (nSPS) is 15.9. The molecule has 0 aromatic carbocycles. The molecule has 0 aromatic heterocycles. The molecule has 1 atom stereocenters. The van der Waals surface area contributed by atoms with Crippen LogP contribution < -0.4 is 5.73 Å². The van der Waals surface area contributed by atoms with Gasteiger partial charge in [0.1, 0.15) is 24.9 Å². The number of ether oxygens (including phenoxy) is 3. The number of nitrogens with two attached hydrogens (primary N) is 1. The Morgan fingerprint density at radius 1 is 1.13 bits per heavy atom. The van der Waals surface area contributed by atoms with Crippen molar-refractivity contribution in [3.05, 3.63) is 0 Å². The maximum Gasteiger partial charge on any atom is 0.203 e. The van der Waals surface area contributed by atoms with E-state index in [9.17, 15) is 0 Å². The molecular weight excluding hydrogens is 254 g/mol. The van der Waals surface area contributed by atoms with Gasteiger partial charge in [-0.25, -0.2) is 8.42 Å². The molecule has 0 bridgehead atoms. The van der Waals surface area contributed by atoms with Crippen molar-refractivity contribution >= 4 is 29.8 Å². The molecular formula is C6H21NO5SSi2. The predicted molar refractivity (Wildman–Crippen MR) is 66.5 cm³/mol. The Balaban J connectivity index is 0. The van der Waals surface area contributed by atoms with E-state index in [0.29, 0.717) is 19.6 Å². The minimum absolute atomic E-state index is 0.302. The summed E-state index contributed by atoms with van der Waals surface area (Å²) in [6, 6.07) is 0. The third-order valence-corrected chi connectivity index (χ3v) is 3.42. The largest absolute Gasteiger partial charge is 0.363 e. The number of hydrogen-bond acceptors (Lipinski definition) is 6. The van der Waals surface area contributed by atoms with Crippen molar-refractivity contribution in [3.8, 4) is 0 Å². The van der Waals surface area contributed by atoms with E-state index in [2.05, 4.69) is 0 Å². The van der Waals surface area contributed by atoms with E-state index in [1.165, 1.54) is 0 Å². The van der Waals surface area contributed by atoms with E-state index in [1.54, 1.807) is 28.3 Å². The molecule has 0 aliphatic carbocycles. The van der Waals surface area contributed by atoms with Gasteiger partial charge < -0.3 is 19.9 Å². The minimum Gasteiger partial charge on any atom is -0.363 e. The van der Waals surface area contributed by atoms with Crippen LogP contribution in [0.25, 0.3) is 0 Å². The summed E-state index contributed by atoms with van der Waals surface area (Å²) in [7, 11) is 3.58. The Labute approximate surface area is 97.9 Å². The number of thiol groups is 1. The lowest BCUT2D eigenvalue weighted by Crippen LogP contribution is -2.62. The Morgan fingerprint density at radius 2 is 1.40 bits per heavy atom. The van der Waals surface area contributed by atoms with Crippen LogP contribution in [0, 0.1) is 0 Å². The molecule has 9 heteroatoms. The molecule has 0 fully saturated rings. The highest BCUT2D eigenvalue weighted by Crippen LogP contribution is 2.21. The van der Waals surface area contributed by atoms with Gasteiger partial charge in [0.2, 0.25) is 5.79 Å². The van der Waals surface area contributed by atoms with E-state index in [4.69, 9.17) is 28.4 Å². The Kier molecular flexibility index (Phi) is 8.79. The lowest BCUT2D eigenvalue weighted by atomic mass is 10.3. The summed E-state index contributed by atoms with van der Waals surface area (Å²) in [5, 5.41) is -0.809. The first-order valence-corrected chi connectivity index (χ1v) is 9.50. The fraction of sp³-hybridized carbons (Fsp3) is 1.00. The first kappa shape index (κ1) is 17.6. The van der Waals surface area contributed by atoms with Gasteiger partial charge in [-0.05, 0) is 6.92 Å². The molecule has 6 nitrogen and oxygen atoms in total. The molecule has 0 saturated carbocycles. The smallest absolute Gasteiger partial charge is 0.203 e. The second kappa shape index (κ2) is 7.49. The first-order chi connectivity index (χ1) is 6.66. The molecule has 0 aliphatic heterocycles. The molecule has 15 heavy (non-hydrogen) atoms. The lowest BCUT2D eigenvalue weighted by Gasteiger charge is -2.40. The van der Waals surface area contributed by atoms with E-state index < -0.39 is 21.3 Å². The quantitative estimate of drug-likeness (QED) is 0.314. The van der Waals surface area contributed by atoms with Crippen molar-refractivity contribution in [1.29, 1.82) is 0 Å². The van der Waals surface area contributed by atoms with Crippen molar-refractivity contribution < 1.29 is 22.6 Å². The van der Waals surface area contributed by atoms with E-state index in [-0.39, 0.29) is 0 Å². The van der Waals surface area contributed by atoms with Crippen molar-refractivity contribution in [2.75, 3.05) is 21.3 Å². The standard InChI is InChI=1S/C6H17NO3Si.H4O2SSi/c1-5(8-2,9-3)6(7,11)10-4;1-3(2)4/h7H2,1-4,11H3;3H,4H3. The molecule has 94 valence electrons. The van der Waals surface area contributed by atoms with E-state index in [0.717, 1.165) is 0 Å². The summed E-state index contributed by atoms with van der Waals surface area (Å²) in [4.78, 5) is 0. The van der Waals surface area contributed by atoms with Crippen molar-refractivity contribution in [3.63, 3.8) is 0 Å². The van der Waals surface area contributed by atoms with Crippen LogP contribution in [0.2, 0.25) is 0 Å². The zero-order valence-corrected chi connectivity index (χ0v) is 15.0. The van der Waals surface area contributed by atoms with Gasteiger partial charge >= 0.3 is 0 Å². The van der Waals surface area contributed by atoms with Crippen LogP contribution >= 0.6 is 0 Å². The Hall–Kier alpha value is 0.224. The number of methoxy groups -OCH3 is 3. The maximum absolute atomic E-state index is 9.10. The van der Waals surface area contributed by atoms with Crippen LogP contribution in [-0.4, -0.2) is 60.5 Å². The molecule has 0 rings (SSSR count). The van der Waals surface area contributed by atoms with Gasteiger partial charge in [-0.1, -0.05) is 0 Å². The summed E-state index contributed by atoms with van der Waals surface area (Å²) in [6.45, 7) is 1.75. The topological polar surface area (TPSA) is 87.8 Å². The van der Waals surface area contributed by atoms with Crippen molar-refractivity contribution in [2.45, 2.75) is 18.1 Å². The molecule has 0 amide bonds. The van der Waals surface area contributed by atoms with Gasteiger partial charge in [0, 0.05) is 21.3 Å². The Morgan fingerprint density at radius 3 is 1.47 bits per heavy atom. The summed E-state index contributed by atoms with van der Waals surface area (Å²) >= 11 is 0. The van der Waals surface area contributed by atoms with Gasteiger partial charge in [0.15, 0.2) is 0 Å². The molecule has 0 spiro atoms. The van der Waals surface area contributed by atoms with Crippen LogP contribution in [0.3, 0.4) is 0 Å². The summed E-state index contributed by atoms with van der Waals surface area (Å²) in [5.41, 5.74) is 5.81. The first-order valence-electron chi connectivity index (χ1n) is 4.19. The van der Waals surface area contributed by atoms with Crippen LogP contribution in [0.4, 0.5) is 0 Å². The number of hydrogen-bond donors (Lipinski definition) is 2. The molecule has 1 unspecified atom stereocenters. The van der Waals surface area contributed by atoms with E-state index in [1.807, 2.05) is 0 Å². The number of rotatable bonds is 4. The van der Waals surface area contributed by atoms with Crippen LogP contribution in [-0.2, 0) is 24.4 Å². The molecule has 0 aliphatic rings. The third-order valence-electron chi connectivity index (χ3n) is 2.10. The Bertz CT molecular complexity index is 234. The van der Waals surface area contributed by atoms with Crippen molar-refractivity contribution in [1.82, 2.24) is 0 Å². The zero-order valence-electron chi connectivity index (χ0n) is 10.1. The summed E-state index contributed by atoms with van der Waals surface area (Å²) in [5.74, 6) is -0.853. The van der Waals surface area contributed by atoms with Crippen LogP contribution in [0.15, 0.2) is 0 Å². The van der Waals surface area contributed by atoms with Gasteiger partial charge in [0.05, 0.1) is 10.2 Å². The molecule has 0 heterocycles. The maximum atomic E-state index is 9.10. The minimum atomic E-state index is -1.98. The van der Waals surface area contributed by atoms with Gasteiger partial charge in [-0.2, -0.15) is 0 Å². The monoisotopic (exact) mass is 275 g/mol. The molecule has 0 aromatic rings. The molecule has 2 N–H and O–H groups in total. The summed E-state index contributed by atoms with van der Waals surface area (Å²) < 4.78 is 33.5. The lowest BCUT2D eigenvalue weighted by molar-refractivity contribution is -0.268. The second-order valence-corrected chi connectivity index (χ2v) is 7.66. The third kappa shape index (κ3) is 6.40. The SMILES string of the molecule is COC(N)([SiH3])C(C)(OC)OC.O=[SH](=O)[SiH3]. The highest BCUT2D eigenvalue weighted by molar-refractivity contribution is 7.96. The molecule has 0 radical (unpaired) electrons.